The summed E-state index contributed by atoms with van der Waals surface area (Å²) in [5.74, 6) is -0.465. The Kier molecular flexibility index (Phi) is 47.5. The number of carbonyl (C=O) groups is 2. The first-order valence-electron chi connectivity index (χ1n) is 26.9. The van der Waals surface area contributed by atoms with Gasteiger partial charge in [0.15, 0.2) is 0 Å². The molecule has 3 N–H and O–H groups in total. The van der Waals surface area contributed by atoms with Crippen LogP contribution in [0.25, 0.3) is 0 Å². The fraction of sp³-hybridized carbons (Fsp3) is 0.926. The number of rotatable bonds is 49. The number of esters is 1. The molecule has 1 amide bonds. The van der Waals surface area contributed by atoms with Gasteiger partial charge in [-0.15, -0.1) is 0 Å². The summed E-state index contributed by atoms with van der Waals surface area (Å²) in [6.07, 6.45) is 54.3. The third kappa shape index (κ3) is 43.3. The van der Waals surface area contributed by atoms with Gasteiger partial charge in [0.25, 0.3) is 0 Å². The van der Waals surface area contributed by atoms with Crippen molar-refractivity contribution in [3.8, 4) is 0 Å². The molecule has 356 valence electrons. The molecular formula is C54H105NO5. The molecule has 0 rings (SSSR count). The standard InChI is InChI=1S/C54H105NO5/c1-4-7-10-13-16-19-21-23-25-27-29-31-33-35-38-41-44-47-54(59)60-50(45-42-39-36-18-15-12-9-6-3)48-53(58)55-51(49-56)52(57)46-43-40-37-34-32-30-28-26-24-22-20-17-14-11-8-5-2/h23,25,50-52,56-57H,4-22,24,26-49H2,1-3H3,(H,55,58)/b25-23+. The first kappa shape index (κ1) is 58.6. The molecule has 0 heterocycles. The molecular weight excluding hydrogens is 743 g/mol. The number of unbranched alkanes of at least 4 members (excludes halogenated alkanes) is 35. The van der Waals surface area contributed by atoms with Crippen LogP contribution in [0.1, 0.15) is 297 Å². The van der Waals surface area contributed by atoms with Crippen LogP contribution in [0.3, 0.4) is 0 Å². The van der Waals surface area contributed by atoms with E-state index < -0.39 is 18.2 Å². The smallest absolute Gasteiger partial charge is 0.306 e. The summed E-state index contributed by atoms with van der Waals surface area (Å²) in [5.41, 5.74) is 0. The number of ether oxygens (including phenoxy) is 1. The topological polar surface area (TPSA) is 95.9 Å². The lowest BCUT2D eigenvalue weighted by molar-refractivity contribution is -0.151. The van der Waals surface area contributed by atoms with Gasteiger partial charge >= 0.3 is 5.97 Å². The molecule has 6 nitrogen and oxygen atoms in total. The van der Waals surface area contributed by atoms with Gasteiger partial charge in [0.05, 0.1) is 25.2 Å². The van der Waals surface area contributed by atoms with E-state index >= 15 is 0 Å². The molecule has 60 heavy (non-hydrogen) atoms. The molecule has 0 spiro atoms. The van der Waals surface area contributed by atoms with E-state index in [0.717, 1.165) is 44.9 Å². The molecule has 0 aromatic rings. The van der Waals surface area contributed by atoms with Crippen LogP contribution >= 0.6 is 0 Å². The van der Waals surface area contributed by atoms with Crippen molar-refractivity contribution < 1.29 is 24.5 Å². The van der Waals surface area contributed by atoms with Crippen molar-refractivity contribution in [1.29, 1.82) is 0 Å². The number of hydrogen-bond acceptors (Lipinski definition) is 5. The molecule has 0 saturated carbocycles. The van der Waals surface area contributed by atoms with Crippen molar-refractivity contribution in [2.24, 2.45) is 0 Å². The largest absolute Gasteiger partial charge is 0.462 e. The van der Waals surface area contributed by atoms with Crippen LogP contribution in [0.4, 0.5) is 0 Å². The summed E-state index contributed by atoms with van der Waals surface area (Å²) in [4.78, 5) is 26.1. The Bertz CT molecular complexity index is 909. The zero-order valence-electron chi connectivity index (χ0n) is 40.6. The maximum atomic E-state index is 13.2. The lowest BCUT2D eigenvalue weighted by Crippen LogP contribution is -2.46. The highest BCUT2D eigenvalue weighted by Gasteiger charge is 2.24. The van der Waals surface area contributed by atoms with Crippen molar-refractivity contribution in [2.75, 3.05) is 6.61 Å². The van der Waals surface area contributed by atoms with Gasteiger partial charge in [0.1, 0.15) is 6.10 Å². The molecule has 0 aromatic heterocycles. The van der Waals surface area contributed by atoms with E-state index in [2.05, 4.69) is 38.2 Å². The van der Waals surface area contributed by atoms with Gasteiger partial charge in [-0.25, -0.2) is 0 Å². The van der Waals surface area contributed by atoms with Crippen LogP contribution in [0.5, 0.6) is 0 Å². The second kappa shape index (κ2) is 48.6. The summed E-state index contributed by atoms with van der Waals surface area (Å²) in [5, 5.41) is 23.8. The van der Waals surface area contributed by atoms with Crippen molar-refractivity contribution in [3.63, 3.8) is 0 Å². The third-order valence-corrected chi connectivity index (χ3v) is 12.6. The summed E-state index contributed by atoms with van der Waals surface area (Å²) < 4.78 is 5.92. The Hall–Kier alpha value is -1.40. The Balaban J connectivity index is 4.34. The molecule has 0 aliphatic carbocycles. The molecule has 3 unspecified atom stereocenters. The fourth-order valence-electron chi connectivity index (χ4n) is 8.49. The van der Waals surface area contributed by atoms with Gasteiger partial charge in [-0.3, -0.25) is 9.59 Å². The van der Waals surface area contributed by atoms with Crippen LogP contribution < -0.4 is 5.32 Å². The van der Waals surface area contributed by atoms with Gasteiger partial charge < -0.3 is 20.3 Å². The Labute approximate surface area is 374 Å². The normalized spacial score (nSPS) is 13.2. The van der Waals surface area contributed by atoms with E-state index in [4.69, 9.17) is 4.74 Å². The molecule has 6 heteroatoms. The molecule has 0 fully saturated rings. The maximum absolute atomic E-state index is 13.2. The number of amides is 1. The number of allylic oxidation sites excluding steroid dienone is 2. The van der Waals surface area contributed by atoms with E-state index in [1.807, 2.05) is 0 Å². The zero-order chi connectivity index (χ0) is 43.8. The van der Waals surface area contributed by atoms with Crippen LogP contribution in [0.2, 0.25) is 0 Å². The second-order valence-corrected chi connectivity index (χ2v) is 18.6. The minimum absolute atomic E-state index is 0.0821. The van der Waals surface area contributed by atoms with Crippen molar-refractivity contribution in [2.45, 2.75) is 315 Å². The number of nitrogens with one attached hydrogen (secondary N) is 1. The highest BCUT2D eigenvalue weighted by Crippen LogP contribution is 2.18. The lowest BCUT2D eigenvalue weighted by atomic mass is 10.0. The summed E-state index contributed by atoms with van der Waals surface area (Å²) in [6.45, 7) is 6.49. The van der Waals surface area contributed by atoms with E-state index in [1.165, 1.54) is 205 Å². The van der Waals surface area contributed by atoms with Crippen LogP contribution in [-0.2, 0) is 14.3 Å². The average molecular weight is 848 g/mol. The molecule has 3 atom stereocenters. The molecule has 0 aliphatic heterocycles. The molecule has 0 radical (unpaired) electrons. The number of aliphatic hydroxyl groups excluding tert-OH is 2. The predicted octanol–water partition coefficient (Wildman–Crippen LogP) is 16.1. The number of hydrogen-bond donors (Lipinski definition) is 3. The summed E-state index contributed by atoms with van der Waals surface area (Å²) in [6, 6.07) is -0.695. The van der Waals surface area contributed by atoms with Crippen LogP contribution in [0.15, 0.2) is 12.2 Å². The van der Waals surface area contributed by atoms with Gasteiger partial charge in [-0.1, -0.05) is 245 Å². The first-order valence-corrected chi connectivity index (χ1v) is 26.9. The van der Waals surface area contributed by atoms with Crippen molar-refractivity contribution >= 4 is 11.9 Å². The fourth-order valence-corrected chi connectivity index (χ4v) is 8.49. The van der Waals surface area contributed by atoms with Gasteiger partial charge in [0.2, 0.25) is 5.91 Å². The Morgan fingerprint density at radius 3 is 1.18 bits per heavy atom. The summed E-state index contributed by atoms with van der Waals surface area (Å²) >= 11 is 0. The van der Waals surface area contributed by atoms with E-state index in [9.17, 15) is 19.8 Å². The molecule has 0 bridgehead atoms. The predicted molar refractivity (Wildman–Crippen MR) is 260 cm³/mol. The van der Waals surface area contributed by atoms with E-state index in [0.29, 0.717) is 19.3 Å². The molecule has 0 aromatic carbocycles. The molecule has 0 saturated heterocycles. The van der Waals surface area contributed by atoms with Gasteiger partial charge in [-0.05, 0) is 51.4 Å². The highest BCUT2D eigenvalue weighted by molar-refractivity contribution is 5.77. The highest BCUT2D eigenvalue weighted by atomic mass is 16.5. The first-order chi connectivity index (χ1) is 29.5. The number of carbonyl (C=O) groups excluding carboxylic acids is 2. The second-order valence-electron chi connectivity index (χ2n) is 18.6. The third-order valence-electron chi connectivity index (χ3n) is 12.6. The average Bonchev–Trinajstić information content (AvgIpc) is 3.24. The summed E-state index contributed by atoms with van der Waals surface area (Å²) in [7, 11) is 0. The zero-order valence-corrected chi connectivity index (χ0v) is 40.6. The SMILES string of the molecule is CCCCCCCC/C=C/CCCCCCCCCC(=O)OC(CCCCCCCCCC)CC(=O)NC(CO)C(O)CCCCCCCCCCCCCCCCCC. The lowest BCUT2D eigenvalue weighted by Gasteiger charge is -2.24. The van der Waals surface area contributed by atoms with Crippen molar-refractivity contribution in [1.82, 2.24) is 5.32 Å². The minimum atomic E-state index is -0.782. The Morgan fingerprint density at radius 2 is 0.800 bits per heavy atom. The monoisotopic (exact) mass is 848 g/mol. The van der Waals surface area contributed by atoms with Gasteiger partial charge in [0, 0.05) is 6.42 Å². The van der Waals surface area contributed by atoms with E-state index in [-0.39, 0.29) is 24.9 Å². The number of aliphatic hydroxyl groups is 2. The Morgan fingerprint density at radius 1 is 0.467 bits per heavy atom. The van der Waals surface area contributed by atoms with Crippen molar-refractivity contribution in [3.05, 3.63) is 12.2 Å². The van der Waals surface area contributed by atoms with E-state index in [1.54, 1.807) is 0 Å². The van der Waals surface area contributed by atoms with Crippen LogP contribution in [-0.4, -0.2) is 46.9 Å². The van der Waals surface area contributed by atoms with Gasteiger partial charge in [-0.2, -0.15) is 0 Å². The molecule has 0 aliphatic rings. The quantitative estimate of drug-likeness (QED) is 0.0322. The van der Waals surface area contributed by atoms with Crippen LogP contribution in [0, 0.1) is 0 Å². The maximum Gasteiger partial charge on any atom is 0.306 e. The minimum Gasteiger partial charge on any atom is -0.462 e.